The highest BCUT2D eigenvalue weighted by Gasteiger charge is 2.12. The van der Waals surface area contributed by atoms with E-state index in [2.05, 4.69) is 11.6 Å². The van der Waals surface area contributed by atoms with Crippen molar-refractivity contribution in [3.8, 4) is 0 Å². The van der Waals surface area contributed by atoms with Crippen LogP contribution in [0.1, 0.15) is 5.56 Å². The molecule has 0 aliphatic heterocycles. The standard InChI is InChI=1S/C19H13ClF2N2OS/c1-2-9-24-18-15(22)10-13(21)11-16(18)26-19(24)23-17(25)8-7-12-5-3-4-6-14(12)20/h2-8,10-11H,1,9H2. The Morgan fingerprint density at radius 1 is 1.31 bits per heavy atom. The number of rotatable bonds is 4. The molecule has 0 spiro atoms. The van der Waals surface area contributed by atoms with Crippen LogP contribution in [-0.2, 0) is 11.3 Å². The van der Waals surface area contributed by atoms with Crippen LogP contribution < -0.4 is 4.80 Å². The normalized spacial score (nSPS) is 12.2. The number of aromatic nitrogens is 1. The highest BCUT2D eigenvalue weighted by Crippen LogP contribution is 2.22. The summed E-state index contributed by atoms with van der Waals surface area (Å²) in [5.41, 5.74) is 0.874. The van der Waals surface area contributed by atoms with Crippen LogP contribution in [0.15, 0.2) is 60.1 Å². The zero-order chi connectivity index (χ0) is 18.7. The Bertz CT molecular complexity index is 1100. The van der Waals surface area contributed by atoms with Gasteiger partial charge in [-0.25, -0.2) is 8.78 Å². The summed E-state index contributed by atoms with van der Waals surface area (Å²) in [5, 5.41) is 0.512. The van der Waals surface area contributed by atoms with E-state index >= 15 is 0 Å². The van der Waals surface area contributed by atoms with E-state index in [1.807, 2.05) is 0 Å². The van der Waals surface area contributed by atoms with Gasteiger partial charge in [0.1, 0.15) is 5.82 Å². The number of hydrogen-bond donors (Lipinski definition) is 0. The van der Waals surface area contributed by atoms with Crippen molar-refractivity contribution in [2.75, 3.05) is 0 Å². The summed E-state index contributed by atoms with van der Waals surface area (Å²) in [6.45, 7) is 3.87. The summed E-state index contributed by atoms with van der Waals surface area (Å²) < 4.78 is 29.5. The molecule has 0 N–H and O–H groups in total. The number of allylic oxidation sites excluding steroid dienone is 1. The maximum atomic E-state index is 14.2. The lowest BCUT2D eigenvalue weighted by atomic mass is 10.2. The first-order valence-electron chi connectivity index (χ1n) is 7.60. The van der Waals surface area contributed by atoms with Crippen molar-refractivity contribution < 1.29 is 13.6 Å². The van der Waals surface area contributed by atoms with E-state index in [0.29, 0.717) is 15.3 Å². The summed E-state index contributed by atoms with van der Waals surface area (Å²) in [6.07, 6.45) is 4.39. The molecule has 132 valence electrons. The van der Waals surface area contributed by atoms with Crippen LogP contribution in [0.25, 0.3) is 16.3 Å². The number of carbonyl (C=O) groups is 1. The third-order valence-electron chi connectivity index (χ3n) is 3.52. The number of fused-ring (bicyclic) bond motifs is 1. The van der Waals surface area contributed by atoms with Crippen LogP contribution in [0, 0.1) is 11.6 Å². The summed E-state index contributed by atoms with van der Waals surface area (Å²) in [6, 6.07) is 9.08. The second-order valence-electron chi connectivity index (χ2n) is 5.32. The van der Waals surface area contributed by atoms with E-state index < -0.39 is 17.5 Å². The predicted molar refractivity (Wildman–Crippen MR) is 101 cm³/mol. The van der Waals surface area contributed by atoms with Gasteiger partial charge < -0.3 is 4.57 Å². The molecule has 7 heteroatoms. The van der Waals surface area contributed by atoms with Gasteiger partial charge >= 0.3 is 0 Å². The van der Waals surface area contributed by atoms with Gasteiger partial charge in [-0.1, -0.05) is 47.2 Å². The molecule has 26 heavy (non-hydrogen) atoms. The Kier molecular flexibility index (Phi) is 5.44. The molecule has 3 rings (SSSR count). The molecule has 0 radical (unpaired) electrons. The van der Waals surface area contributed by atoms with E-state index in [1.54, 1.807) is 36.4 Å². The maximum Gasteiger partial charge on any atom is 0.272 e. The van der Waals surface area contributed by atoms with Crippen molar-refractivity contribution >= 4 is 45.1 Å². The van der Waals surface area contributed by atoms with E-state index in [1.165, 1.54) is 16.7 Å². The highest BCUT2D eigenvalue weighted by atomic mass is 35.5. The average Bonchev–Trinajstić information content (AvgIpc) is 2.92. The van der Waals surface area contributed by atoms with Crippen LogP contribution in [0.2, 0.25) is 5.02 Å². The minimum absolute atomic E-state index is 0.193. The number of carbonyl (C=O) groups excluding carboxylic acids is 1. The van der Waals surface area contributed by atoms with Gasteiger partial charge in [0.2, 0.25) is 0 Å². The van der Waals surface area contributed by atoms with Gasteiger partial charge in [0.05, 0.1) is 10.2 Å². The number of amides is 1. The Hall–Kier alpha value is -2.57. The predicted octanol–water partition coefficient (Wildman–Crippen LogP) is 4.96. The molecular weight excluding hydrogens is 378 g/mol. The lowest BCUT2D eigenvalue weighted by Gasteiger charge is -2.01. The molecule has 0 fully saturated rings. The van der Waals surface area contributed by atoms with Gasteiger partial charge in [-0.2, -0.15) is 4.99 Å². The van der Waals surface area contributed by atoms with Gasteiger partial charge in [0.15, 0.2) is 10.6 Å². The topological polar surface area (TPSA) is 34.4 Å². The zero-order valence-corrected chi connectivity index (χ0v) is 15.0. The average molecular weight is 391 g/mol. The van der Waals surface area contributed by atoms with Crippen LogP contribution >= 0.6 is 22.9 Å². The van der Waals surface area contributed by atoms with Gasteiger partial charge in [0.25, 0.3) is 5.91 Å². The molecule has 0 saturated heterocycles. The second kappa shape index (κ2) is 7.76. The molecule has 0 aliphatic rings. The maximum absolute atomic E-state index is 14.2. The molecule has 0 aliphatic carbocycles. The monoisotopic (exact) mass is 390 g/mol. The van der Waals surface area contributed by atoms with Crippen molar-refractivity contribution in [1.82, 2.24) is 4.57 Å². The second-order valence-corrected chi connectivity index (χ2v) is 6.74. The molecule has 1 aromatic heterocycles. The summed E-state index contributed by atoms with van der Waals surface area (Å²) in [5.74, 6) is -1.92. The van der Waals surface area contributed by atoms with Crippen LogP contribution in [0.3, 0.4) is 0 Å². The van der Waals surface area contributed by atoms with Crippen molar-refractivity contribution in [2.45, 2.75) is 6.54 Å². The molecule has 1 amide bonds. The van der Waals surface area contributed by atoms with Gasteiger partial charge in [-0.3, -0.25) is 4.79 Å². The number of nitrogens with zero attached hydrogens (tertiary/aromatic N) is 2. The van der Waals surface area contributed by atoms with Crippen molar-refractivity contribution in [3.63, 3.8) is 0 Å². The first kappa shape index (κ1) is 18.2. The number of thiazole rings is 1. The number of hydrogen-bond acceptors (Lipinski definition) is 2. The van der Waals surface area contributed by atoms with Crippen LogP contribution in [-0.4, -0.2) is 10.5 Å². The molecule has 0 unspecified atom stereocenters. The fourth-order valence-corrected chi connectivity index (χ4v) is 3.70. The van der Waals surface area contributed by atoms with Gasteiger partial charge in [0, 0.05) is 23.7 Å². The Labute approximate surface area is 157 Å². The molecule has 3 aromatic rings. The first-order chi connectivity index (χ1) is 12.5. The fraction of sp³-hybridized carbons (Fsp3) is 0.0526. The van der Waals surface area contributed by atoms with Gasteiger partial charge in [-0.05, 0) is 23.8 Å². The van der Waals surface area contributed by atoms with E-state index in [-0.39, 0.29) is 16.9 Å². The smallest absolute Gasteiger partial charge is 0.272 e. The van der Waals surface area contributed by atoms with Crippen molar-refractivity contribution in [1.29, 1.82) is 0 Å². The number of benzene rings is 2. The molecule has 0 bridgehead atoms. The Balaban J connectivity index is 2.05. The molecular formula is C19H13ClF2N2OS. The van der Waals surface area contributed by atoms with Crippen LogP contribution in [0.4, 0.5) is 8.78 Å². The zero-order valence-electron chi connectivity index (χ0n) is 13.5. The minimum atomic E-state index is -0.710. The molecule has 0 saturated carbocycles. The van der Waals surface area contributed by atoms with Crippen molar-refractivity contribution in [2.24, 2.45) is 4.99 Å². The summed E-state index contributed by atoms with van der Waals surface area (Å²) in [7, 11) is 0. The molecule has 1 heterocycles. The van der Waals surface area contributed by atoms with Gasteiger partial charge in [-0.15, -0.1) is 6.58 Å². The quantitative estimate of drug-likeness (QED) is 0.458. The molecule has 2 aromatic carbocycles. The largest absolute Gasteiger partial charge is 0.310 e. The van der Waals surface area contributed by atoms with E-state index in [0.717, 1.165) is 17.4 Å². The Morgan fingerprint density at radius 2 is 2.08 bits per heavy atom. The minimum Gasteiger partial charge on any atom is -0.310 e. The fourth-order valence-electron chi connectivity index (χ4n) is 2.42. The highest BCUT2D eigenvalue weighted by molar-refractivity contribution is 7.16. The first-order valence-corrected chi connectivity index (χ1v) is 8.79. The number of halogens is 3. The van der Waals surface area contributed by atoms with Crippen LogP contribution in [0.5, 0.6) is 0 Å². The SMILES string of the molecule is C=CCn1c(=NC(=O)C=Cc2ccccc2Cl)sc2cc(F)cc(F)c21. The Morgan fingerprint density at radius 3 is 2.81 bits per heavy atom. The van der Waals surface area contributed by atoms with E-state index in [9.17, 15) is 13.6 Å². The lowest BCUT2D eigenvalue weighted by molar-refractivity contribution is -0.113. The third-order valence-corrected chi connectivity index (χ3v) is 4.89. The van der Waals surface area contributed by atoms with Crippen molar-refractivity contribution in [3.05, 3.63) is 82.2 Å². The summed E-state index contributed by atoms with van der Waals surface area (Å²) in [4.78, 5) is 16.5. The third kappa shape index (κ3) is 3.81. The summed E-state index contributed by atoms with van der Waals surface area (Å²) >= 11 is 7.07. The van der Waals surface area contributed by atoms with E-state index in [4.69, 9.17) is 11.6 Å². The lowest BCUT2D eigenvalue weighted by Crippen LogP contribution is -2.16. The molecule has 3 nitrogen and oxygen atoms in total. The molecule has 0 atom stereocenters.